The molecule has 2 aromatic rings. The van der Waals surface area contributed by atoms with E-state index in [4.69, 9.17) is 0 Å². The van der Waals surface area contributed by atoms with Crippen molar-refractivity contribution in [2.45, 2.75) is 46.0 Å². The lowest BCUT2D eigenvalue weighted by molar-refractivity contribution is -0.118. The molecule has 5 heteroatoms. The number of anilines is 1. The Morgan fingerprint density at radius 3 is 2.68 bits per heavy atom. The predicted octanol–water partition coefficient (Wildman–Crippen LogP) is 5.42. The highest BCUT2D eigenvalue weighted by Crippen LogP contribution is 2.35. The van der Waals surface area contributed by atoms with E-state index in [-0.39, 0.29) is 0 Å². The molecule has 1 saturated heterocycles. The van der Waals surface area contributed by atoms with Crippen molar-refractivity contribution >= 4 is 49.0 Å². The van der Waals surface area contributed by atoms with Gasteiger partial charge < -0.3 is 4.90 Å². The average molecular weight is 383 g/mol. The SMILES string of the molecule is Brc1cc2c(N3CCCC3)ccnc2s1.CCCC(=O)CC. The number of nitrogens with zero attached hydrogens (tertiary/aromatic N) is 2. The molecule has 0 radical (unpaired) electrons. The standard InChI is InChI=1S/C11H11BrN2S.C6H12O/c12-10-7-8-9(14-5-1-2-6-14)3-4-13-11(8)15-10;1-3-5-6(7)4-2/h3-4,7H,1-2,5-6H2;3-5H2,1-2H3. The molecule has 0 bridgehead atoms. The lowest BCUT2D eigenvalue weighted by Crippen LogP contribution is -2.17. The maximum atomic E-state index is 10.4. The van der Waals surface area contributed by atoms with Crippen LogP contribution in [0.2, 0.25) is 0 Å². The van der Waals surface area contributed by atoms with E-state index in [9.17, 15) is 4.79 Å². The van der Waals surface area contributed by atoms with Crippen LogP contribution in [-0.4, -0.2) is 23.9 Å². The van der Waals surface area contributed by atoms with Gasteiger partial charge in [0.25, 0.3) is 0 Å². The number of carbonyl (C=O) groups is 1. The van der Waals surface area contributed by atoms with Crippen molar-refractivity contribution in [2.75, 3.05) is 18.0 Å². The minimum absolute atomic E-state index is 0.377. The van der Waals surface area contributed by atoms with E-state index >= 15 is 0 Å². The number of aromatic nitrogens is 1. The van der Waals surface area contributed by atoms with E-state index in [1.807, 2.05) is 20.0 Å². The highest BCUT2D eigenvalue weighted by Gasteiger charge is 2.16. The van der Waals surface area contributed by atoms with Crippen LogP contribution in [0.5, 0.6) is 0 Å². The van der Waals surface area contributed by atoms with Crippen LogP contribution in [0, 0.1) is 0 Å². The second kappa shape index (κ2) is 8.63. The van der Waals surface area contributed by atoms with Crippen LogP contribution in [0.1, 0.15) is 46.0 Å². The Bertz CT molecular complexity index is 620. The third-order valence-corrected chi connectivity index (χ3v) is 5.30. The first-order valence-electron chi connectivity index (χ1n) is 7.96. The van der Waals surface area contributed by atoms with Crippen LogP contribution in [-0.2, 0) is 4.79 Å². The summed E-state index contributed by atoms with van der Waals surface area (Å²) < 4.78 is 1.16. The molecule has 1 aliphatic heterocycles. The van der Waals surface area contributed by atoms with Gasteiger partial charge in [-0.3, -0.25) is 4.79 Å². The van der Waals surface area contributed by atoms with Crippen LogP contribution >= 0.6 is 27.3 Å². The monoisotopic (exact) mass is 382 g/mol. The number of hydrogen-bond acceptors (Lipinski definition) is 4. The Kier molecular flexibility index (Phi) is 6.83. The molecule has 2 aromatic heterocycles. The maximum Gasteiger partial charge on any atom is 0.132 e. The second-order valence-electron chi connectivity index (χ2n) is 5.44. The summed E-state index contributed by atoms with van der Waals surface area (Å²) in [5.41, 5.74) is 1.35. The fourth-order valence-corrected chi connectivity index (χ4v) is 4.02. The number of carbonyl (C=O) groups excluding carboxylic acids is 1. The number of ketones is 1. The fourth-order valence-electron chi connectivity index (χ4n) is 2.59. The summed E-state index contributed by atoms with van der Waals surface area (Å²) in [7, 11) is 0. The van der Waals surface area contributed by atoms with Gasteiger partial charge in [-0.2, -0.15) is 0 Å². The molecule has 120 valence electrons. The van der Waals surface area contributed by atoms with Crippen molar-refractivity contribution < 1.29 is 4.79 Å². The molecule has 1 aliphatic rings. The molecule has 0 spiro atoms. The van der Waals surface area contributed by atoms with Crippen LogP contribution in [0.4, 0.5) is 5.69 Å². The second-order valence-corrected chi connectivity index (χ2v) is 7.85. The first kappa shape index (κ1) is 17.4. The van der Waals surface area contributed by atoms with E-state index in [0.29, 0.717) is 12.2 Å². The zero-order chi connectivity index (χ0) is 15.9. The van der Waals surface area contributed by atoms with Gasteiger partial charge in [-0.15, -0.1) is 11.3 Å². The first-order chi connectivity index (χ1) is 10.7. The van der Waals surface area contributed by atoms with Gasteiger partial charge in [0.2, 0.25) is 0 Å². The largest absolute Gasteiger partial charge is 0.371 e. The molecule has 0 saturated carbocycles. The lowest BCUT2D eigenvalue weighted by atomic mass is 10.2. The number of fused-ring (bicyclic) bond motifs is 1. The van der Waals surface area contributed by atoms with E-state index in [2.05, 4.69) is 37.9 Å². The molecule has 3 heterocycles. The van der Waals surface area contributed by atoms with Crippen LogP contribution in [0.15, 0.2) is 22.1 Å². The molecule has 0 amide bonds. The third kappa shape index (κ3) is 4.53. The third-order valence-electron chi connectivity index (χ3n) is 3.75. The molecule has 1 fully saturated rings. The van der Waals surface area contributed by atoms with Crippen LogP contribution in [0.3, 0.4) is 0 Å². The Hall–Kier alpha value is -0.940. The number of thiophene rings is 1. The lowest BCUT2D eigenvalue weighted by Gasteiger charge is -2.17. The van der Waals surface area contributed by atoms with Gasteiger partial charge in [-0.1, -0.05) is 13.8 Å². The van der Waals surface area contributed by atoms with Gasteiger partial charge in [-0.25, -0.2) is 4.98 Å². The summed E-state index contributed by atoms with van der Waals surface area (Å²) >= 11 is 5.23. The van der Waals surface area contributed by atoms with Crippen molar-refractivity contribution in [1.29, 1.82) is 0 Å². The summed E-state index contributed by atoms with van der Waals surface area (Å²) in [4.78, 5) is 18.4. The predicted molar refractivity (Wildman–Crippen MR) is 99.0 cm³/mol. The van der Waals surface area contributed by atoms with Crippen LogP contribution < -0.4 is 4.90 Å². The minimum Gasteiger partial charge on any atom is -0.371 e. The molecule has 0 aliphatic carbocycles. The number of Topliss-reactive ketones (excluding diaryl/α,β-unsaturated/α-hetero) is 1. The summed E-state index contributed by atoms with van der Waals surface area (Å²) in [6.45, 7) is 6.30. The summed E-state index contributed by atoms with van der Waals surface area (Å²) in [5, 5.41) is 1.29. The quantitative estimate of drug-likeness (QED) is 0.706. The molecule has 3 nitrogen and oxygen atoms in total. The van der Waals surface area contributed by atoms with Gasteiger partial charge >= 0.3 is 0 Å². The minimum atomic E-state index is 0.377. The van der Waals surface area contributed by atoms with Gasteiger partial charge in [0, 0.05) is 43.2 Å². The zero-order valence-electron chi connectivity index (χ0n) is 13.3. The number of pyridine rings is 1. The maximum absolute atomic E-state index is 10.4. The van der Waals surface area contributed by atoms with Crippen molar-refractivity contribution in [2.24, 2.45) is 0 Å². The highest BCUT2D eigenvalue weighted by atomic mass is 79.9. The number of hydrogen-bond donors (Lipinski definition) is 0. The Balaban J connectivity index is 0.000000217. The van der Waals surface area contributed by atoms with Crippen molar-refractivity contribution in [1.82, 2.24) is 4.98 Å². The topological polar surface area (TPSA) is 33.2 Å². The van der Waals surface area contributed by atoms with Crippen LogP contribution in [0.25, 0.3) is 10.2 Å². The molecule has 0 N–H and O–H groups in total. The summed E-state index contributed by atoms with van der Waals surface area (Å²) in [6, 6.07) is 4.31. The highest BCUT2D eigenvalue weighted by molar-refractivity contribution is 9.11. The van der Waals surface area contributed by atoms with Gasteiger partial charge in [0.05, 0.1) is 3.79 Å². The molecule has 0 aromatic carbocycles. The first-order valence-corrected chi connectivity index (χ1v) is 9.57. The average Bonchev–Trinajstić information content (AvgIpc) is 3.15. The van der Waals surface area contributed by atoms with Crippen molar-refractivity contribution in [3.05, 3.63) is 22.1 Å². The van der Waals surface area contributed by atoms with Gasteiger partial charge in [0.1, 0.15) is 10.6 Å². The smallest absolute Gasteiger partial charge is 0.132 e. The summed E-state index contributed by atoms with van der Waals surface area (Å²) in [6.07, 6.45) is 7.00. The number of halogens is 1. The molecule has 0 unspecified atom stereocenters. The molecule has 0 atom stereocenters. The van der Waals surface area contributed by atoms with Crippen molar-refractivity contribution in [3.63, 3.8) is 0 Å². The molecule has 3 rings (SSSR count). The Morgan fingerprint density at radius 2 is 2.09 bits per heavy atom. The molecular formula is C17H23BrN2OS. The fraction of sp³-hybridized carbons (Fsp3) is 0.529. The van der Waals surface area contributed by atoms with Crippen molar-refractivity contribution in [3.8, 4) is 0 Å². The van der Waals surface area contributed by atoms with E-state index in [0.717, 1.165) is 21.5 Å². The molecule has 22 heavy (non-hydrogen) atoms. The van der Waals surface area contributed by atoms with E-state index < -0.39 is 0 Å². The Morgan fingerprint density at radius 1 is 1.36 bits per heavy atom. The molecular weight excluding hydrogens is 360 g/mol. The zero-order valence-corrected chi connectivity index (χ0v) is 15.7. The summed E-state index contributed by atoms with van der Waals surface area (Å²) in [5.74, 6) is 0.377. The van der Waals surface area contributed by atoms with E-state index in [1.54, 1.807) is 11.3 Å². The van der Waals surface area contributed by atoms with Gasteiger partial charge in [-0.05, 0) is 47.3 Å². The van der Waals surface area contributed by atoms with Gasteiger partial charge in [0.15, 0.2) is 0 Å². The van der Waals surface area contributed by atoms with E-state index in [1.165, 1.54) is 37.0 Å². The normalized spacial score (nSPS) is 14.0. The number of rotatable bonds is 4. The Labute approximate surface area is 144 Å².